The number of hydrogen-bond acceptors (Lipinski definition) is 5. The number of carboxylic acids is 1. The van der Waals surface area contributed by atoms with Gasteiger partial charge in [-0.25, -0.2) is 9.78 Å². The summed E-state index contributed by atoms with van der Waals surface area (Å²) in [6, 6.07) is 3.15. The van der Waals surface area contributed by atoms with Gasteiger partial charge in [-0.15, -0.1) is 0 Å². The van der Waals surface area contributed by atoms with Crippen molar-refractivity contribution in [2.45, 2.75) is 29.0 Å². The van der Waals surface area contributed by atoms with Gasteiger partial charge in [-0.3, -0.25) is 4.79 Å². The SMILES string of the molecule is O=C(O)c1ccc(Sc2nccn(C3CC3)c2=O)o1. The minimum atomic E-state index is -1.14. The van der Waals surface area contributed by atoms with E-state index in [1.54, 1.807) is 17.0 Å². The molecule has 0 spiro atoms. The average molecular weight is 278 g/mol. The Morgan fingerprint density at radius 2 is 2.26 bits per heavy atom. The fourth-order valence-corrected chi connectivity index (χ4v) is 2.47. The van der Waals surface area contributed by atoms with E-state index in [4.69, 9.17) is 9.52 Å². The van der Waals surface area contributed by atoms with Gasteiger partial charge in [-0.05, 0) is 36.7 Å². The van der Waals surface area contributed by atoms with Crippen molar-refractivity contribution in [3.8, 4) is 0 Å². The molecule has 1 fully saturated rings. The predicted octanol–water partition coefficient (Wildman–Crippen LogP) is 2.02. The highest BCUT2D eigenvalue weighted by atomic mass is 32.2. The Labute approximate surface area is 112 Å². The Bertz CT molecular complexity index is 687. The number of aromatic nitrogens is 2. The van der Waals surface area contributed by atoms with Crippen LogP contribution in [0.1, 0.15) is 29.4 Å². The second kappa shape index (κ2) is 4.58. The van der Waals surface area contributed by atoms with E-state index >= 15 is 0 Å². The molecule has 2 heterocycles. The molecular weight excluding hydrogens is 268 g/mol. The third kappa shape index (κ3) is 2.41. The van der Waals surface area contributed by atoms with Crippen LogP contribution >= 0.6 is 11.8 Å². The van der Waals surface area contributed by atoms with Crippen LogP contribution in [0.15, 0.2) is 43.9 Å². The Hall–Kier alpha value is -2.02. The molecule has 98 valence electrons. The van der Waals surface area contributed by atoms with Gasteiger partial charge in [0.1, 0.15) is 0 Å². The quantitative estimate of drug-likeness (QED) is 0.920. The van der Waals surface area contributed by atoms with Gasteiger partial charge in [0.2, 0.25) is 5.76 Å². The molecule has 2 aromatic heterocycles. The van der Waals surface area contributed by atoms with Crippen molar-refractivity contribution in [2.75, 3.05) is 0 Å². The summed E-state index contributed by atoms with van der Waals surface area (Å²) in [5.74, 6) is -1.29. The topological polar surface area (TPSA) is 85.3 Å². The summed E-state index contributed by atoms with van der Waals surface area (Å²) in [7, 11) is 0. The largest absolute Gasteiger partial charge is 0.475 e. The van der Waals surface area contributed by atoms with Crippen LogP contribution in [0.5, 0.6) is 0 Å². The monoisotopic (exact) mass is 278 g/mol. The van der Waals surface area contributed by atoms with Crippen molar-refractivity contribution in [1.29, 1.82) is 0 Å². The van der Waals surface area contributed by atoms with Crippen LogP contribution in [0.3, 0.4) is 0 Å². The van der Waals surface area contributed by atoms with E-state index in [2.05, 4.69) is 4.98 Å². The van der Waals surface area contributed by atoms with Gasteiger partial charge in [0.25, 0.3) is 5.56 Å². The van der Waals surface area contributed by atoms with E-state index in [0.717, 1.165) is 24.6 Å². The molecule has 0 unspecified atom stereocenters. The van der Waals surface area contributed by atoms with Gasteiger partial charge in [0.15, 0.2) is 10.1 Å². The minimum absolute atomic E-state index is 0.152. The maximum atomic E-state index is 12.1. The van der Waals surface area contributed by atoms with Crippen molar-refractivity contribution in [2.24, 2.45) is 0 Å². The first kappa shape index (κ1) is 12.0. The molecule has 0 amide bonds. The molecule has 1 aliphatic rings. The van der Waals surface area contributed by atoms with E-state index in [1.165, 1.54) is 12.1 Å². The van der Waals surface area contributed by atoms with Crippen molar-refractivity contribution in [3.63, 3.8) is 0 Å². The lowest BCUT2D eigenvalue weighted by atomic mass is 10.5. The molecule has 0 bridgehead atoms. The lowest BCUT2D eigenvalue weighted by molar-refractivity contribution is 0.0656. The highest BCUT2D eigenvalue weighted by Crippen LogP contribution is 2.34. The molecule has 0 radical (unpaired) electrons. The molecule has 0 aliphatic heterocycles. The number of furan rings is 1. The molecule has 0 atom stereocenters. The molecule has 7 heteroatoms. The molecular formula is C12H10N2O4S. The average Bonchev–Trinajstić information content (AvgIpc) is 3.11. The third-order valence-electron chi connectivity index (χ3n) is 2.77. The van der Waals surface area contributed by atoms with Crippen molar-refractivity contribution >= 4 is 17.7 Å². The summed E-state index contributed by atoms with van der Waals surface area (Å²) in [6.45, 7) is 0. The maximum absolute atomic E-state index is 12.1. The first-order chi connectivity index (χ1) is 9.15. The number of carbonyl (C=O) groups is 1. The summed E-state index contributed by atoms with van der Waals surface area (Å²) >= 11 is 1.04. The van der Waals surface area contributed by atoms with E-state index in [-0.39, 0.29) is 17.4 Å². The molecule has 6 nitrogen and oxygen atoms in total. The fourth-order valence-electron chi connectivity index (χ4n) is 1.70. The molecule has 3 rings (SSSR count). The van der Waals surface area contributed by atoms with Crippen molar-refractivity contribution < 1.29 is 14.3 Å². The van der Waals surface area contributed by atoms with Crippen LogP contribution < -0.4 is 5.56 Å². The molecule has 19 heavy (non-hydrogen) atoms. The lowest BCUT2D eigenvalue weighted by Gasteiger charge is -2.03. The summed E-state index contributed by atoms with van der Waals surface area (Å²) in [5.41, 5.74) is -0.164. The standard InChI is InChI=1S/C12H10N2O4S/c15-11-10(13-5-6-14(11)7-1-2-7)19-9-4-3-8(18-9)12(16)17/h3-7H,1-2H2,(H,16,17). The summed E-state index contributed by atoms with van der Waals surface area (Å²) in [4.78, 5) is 26.8. The number of carboxylic acid groups (broad SMARTS) is 1. The van der Waals surface area contributed by atoms with Gasteiger partial charge in [-0.1, -0.05) is 0 Å². The molecule has 1 aliphatic carbocycles. The van der Waals surface area contributed by atoms with Crippen LogP contribution in [0.4, 0.5) is 0 Å². The number of rotatable bonds is 4. The minimum Gasteiger partial charge on any atom is -0.475 e. The predicted molar refractivity (Wildman–Crippen MR) is 66.6 cm³/mol. The first-order valence-electron chi connectivity index (χ1n) is 5.73. The molecule has 0 saturated heterocycles. The summed E-state index contributed by atoms with van der Waals surface area (Å²) in [5, 5.41) is 9.39. The Balaban J connectivity index is 1.88. The third-order valence-corrected chi connectivity index (χ3v) is 3.66. The molecule has 1 saturated carbocycles. The summed E-state index contributed by atoms with van der Waals surface area (Å²) < 4.78 is 6.76. The van der Waals surface area contributed by atoms with E-state index in [1.807, 2.05) is 0 Å². The van der Waals surface area contributed by atoms with Gasteiger partial charge >= 0.3 is 5.97 Å². The van der Waals surface area contributed by atoms with Crippen LogP contribution in [0.25, 0.3) is 0 Å². The van der Waals surface area contributed by atoms with Crippen molar-refractivity contribution in [1.82, 2.24) is 9.55 Å². The molecule has 2 aromatic rings. The highest BCUT2D eigenvalue weighted by Gasteiger charge is 2.25. The fraction of sp³-hybridized carbons (Fsp3) is 0.250. The van der Waals surface area contributed by atoms with Gasteiger partial charge in [-0.2, -0.15) is 0 Å². The Kier molecular flexibility index (Phi) is 2.90. The zero-order valence-electron chi connectivity index (χ0n) is 9.78. The van der Waals surface area contributed by atoms with Gasteiger partial charge in [0.05, 0.1) is 0 Å². The number of hydrogen-bond donors (Lipinski definition) is 1. The second-order valence-electron chi connectivity index (χ2n) is 4.20. The van der Waals surface area contributed by atoms with Gasteiger partial charge in [0, 0.05) is 18.4 Å². The van der Waals surface area contributed by atoms with Crippen LogP contribution in [-0.2, 0) is 0 Å². The van der Waals surface area contributed by atoms with Crippen LogP contribution in [0, 0.1) is 0 Å². The number of aromatic carboxylic acids is 1. The normalized spacial score (nSPS) is 14.5. The van der Waals surface area contributed by atoms with E-state index in [9.17, 15) is 9.59 Å². The lowest BCUT2D eigenvalue weighted by Crippen LogP contribution is -2.20. The molecule has 0 aromatic carbocycles. The second-order valence-corrected chi connectivity index (χ2v) is 5.20. The first-order valence-corrected chi connectivity index (χ1v) is 6.55. The maximum Gasteiger partial charge on any atom is 0.371 e. The highest BCUT2D eigenvalue weighted by molar-refractivity contribution is 7.99. The zero-order valence-corrected chi connectivity index (χ0v) is 10.6. The summed E-state index contributed by atoms with van der Waals surface area (Å²) in [6.07, 6.45) is 5.27. The van der Waals surface area contributed by atoms with Gasteiger partial charge < -0.3 is 14.1 Å². The van der Waals surface area contributed by atoms with Crippen molar-refractivity contribution in [3.05, 3.63) is 40.6 Å². The van der Waals surface area contributed by atoms with E-state index < -0.39 is 5.97 Å². The Morgan fingerprint density at radius 3 is 2.89 bits per heavy atom. The van der Waals surface area contributed by atoms with Crippen LogP contribution in [0.2, 0.25) is 0 Å². The van der Waals surface area contributed by atoms with Crippen LogP contribution in [-0.4, -0.2) is 20.6 Å². The van der Waals surface area contributed by atoms with E-state index in [0.29, 0.717) is 10.1 Å². The smallest absolute Gasteiger partial charge is 0.371 e. The zero-order chi connectivity index (χ0) is 13.4. The number of nitrogens with zero attached hydrogens (tertiary/aromatic N) is 2. The molecule has 1 N–H and O–H groups in total. The Morgan fingerprint density at radius 1 is 1.47 bits per heavy atom.